The summed E-state index contributed by atoms with van der Waals surface area (Å²) in [6.45, 7) is 2.35. The quantitative estimate of drug-likeness (QED) is 0.789. The van der Waals surface area contributed by atoms with Crippen molar-refractivity contribution in [2.24, 2.45) is 0 Å². The third-order valence-corrected chi connectivity index (χ3v) is 3.21. The summed E-state index contributed by atoms with van der Waals surface area (Å²) >= 11 is 5.68. The summed E-state index contributed by atoms with van der Waals surface area (Å²) in [5, 5.41) is 0.304. The first-order chi connectivity index (χ1) is 6.95. The zero-order valence-electron chi connectivity index (χ0n) is 8.04. The summed E-state index contributed by atoms with van der Waals surface area (Å²) in [6.07, 6.45) is 0.782. The molecule has 0 saturated carbocycles. The molecule has 0 heterocycles. The zero-order valence-corrected chi connectivity index (χ0v) is 10.4. The van der Waals surface area contributed by atoms with Crippen LogP contribution in [0.15, 0.2) is 23.1 Å². The van der Waals surface area contributed by atoms with Crippen LogP contribution in [0.3, 0.4) is 0 Å². The van der Waals surface area contributed by atoms with Gasteiger partial charge in [-0.3, -0.25) is 0 Å². The average Bonchev–Trinajstić information content (AvgIpc) is 2.14. The van der Waals surface area contributed by atoms with Crippen LogP contribution in [0.2, 0.25) is 5.02 Å². The van der Waals surface area contributed by atoms with Gasteiger partial charge in [-0.25, -0.2) is 8.42 Å². The van der Waals surface area contributed by atoms with Crippen LogP contribution in [-0.2, 0) is 9.05 Å². The Morgan fingerprint density at radius 1 is 1.40 bits per heavy atom. The van der Waals surface area contributed by atoms with Gasteiger partial charge in [0.05, 0.1) is 6.61 Å². The topological polar surface area (TPSA) is 43.4 Å². The first-order valence-corrected chi connectivity index (χ1v) is 7.01. The molecule has 1 aromatic carbocycles. The van der Waals surface area contributed by atoms with E-state index in [9.17, 15) is 8.42 Å². The van der Waals surface area contributed by atoms with Crippen LogP contribution in [0.5, 0.6) is 5.75 Å². The minimum Gasteiger partial charge on any atom is -0.492 e. The van der Waals surface area contributed by atoms with Crippen molar-refractivity contribution in [3.63, 3.8) is 0 Å². The largest absolute Gasteiger partial charge is 0.492 e. The Bertz CT molecular complexity index is 443. The van der Waals surface area contributed by atoms with E-state index < -0.39 is 9.05 Å². The summed E-state index contributed by atoms with van der Waals surface area (Å²) in [5.74, 6) is 0.233. The fraction of sp³-hybridized carbons (Fsp3) is 0.333. The molecule has 0 amide bonds. The molecular formula is C9H10Cl2O3S. The maximum absolute atomic E-state index is 11.2. The lowest BCUT2D eigenvalue weighted by atomic mass is 10.3. The van der Waals surface area contributed by atoms with E-state index >= 15 is 0 Å². The lowest BCUT2D eigenvalue weighted by molar-refractivity contribution is 0.309. The second-order valence-electron chi connectivity index (χ2n) is 2.88. The van der Waals surface area contributed by atoms with Crippen LogP contribution >= 0.6 is 22.3 Å². The first-order valence-electron chi connectivity index (χ1n) is 4.32. The lowest BCUT2D eigenvalue weighted by Crippen LogP contribution is -2.00. The second kappa shape index (κ2) is 5.05. The third-order valence-electron chi connectivity index (χ3n) is 1.63. The fourth-order valence-electron chi connectivity index (χ4n) is 1.00. The van der Waals surface area contributed by atoms with E-state index in [0.717, 1.165) is 6.42 Å². The standard InChI is InChI=1S/C9H10Cl2O3S/c1-2-5-14-8-4-3-7(10)6-9(8)15(11,12)13/h3-4,6H,2,5H2,1H3. The fourth-order valence-corrected chi connectivity index (χ4v) is 2.24. The molecule has 0 N–H and O–H groups in total. The van der Waals surface area contributed by atoms with Crippen LogP contribution in [0, 0.1) is 0 Å². The monoisotopic (exact) mass is 268 g/mol. The molecular weight excluding hydrogens is 259 g/mol. The number of halogens is 2. The Morgan fingerprint density at radius 2 is 2.07 bits per heavy atom. The number of hydrogen-bond donors (Lipinski definition) is 0. The van der Waals surface area contributed by atoms with Gasteiger partial charge in [0.15, 0.2) is 0 Å². The molecule has 0 bridgehead atoms. The molecule has 0 fully saturated rings. The molecule has 1 rings (SSSR count). The normalized spacial score (nSPS) is 11.4. The number of ether oxygens (including phenoxy) is 1. The van der Waals surface area contributed by atoms with Crippen LogP contribution in [0.25, 0.3) is 0 Å². The average molecular weight is 269 g/mol. The minimum absolute atomic E-state index is 0.0925. The molecule has 6 heteroatoms. The summed E-state index contributed by atoms with van der Waals surface area (Å²) in [7, 11) is 1.42. The van der Waals surface area contributed by atoms with Crippen molar-refractivity contribution in [1.82, 2.24) is 0 Å². The van der Waals surface area contributed by atoms with Gasteiger partial charge in [0, 0.05) is 15.7 Å². The highest BCUT2D eigenvalue weighted by atomic mass is 35.7. The van der Waals surface area contributed by atoms with E-state index in [1.54, 1.807) is 6.07 Å². The Labute approximate surface area is 98.4 Å². The van der Waals surface area contributed by atoms with Gasteiger partial charge in [-0.1, -0.05) is 18.5 Å². The Kier molecular flexibility index (Phi) is 4.25. The van der Waals surface area contributed by atoms with Crippen molar-refractivity contribution in [3.8, 4) is 5.75 Å². The highest BCUT2D eigenvalue weighted by molar-refractivity contribution is 8.13. The Hall–Kier alpha value is -0.450. The molecule has 15 heavy (non-hydrogen) atoms. The maximum Gasteiger partial charge on any atom is 0.265 e. The van der Waals surface area contributed by atoms with E-state index in [-0.39, 0.29) is 10.6 Å². The van der Waals surface area contributed by atoms with Crippen LogP contribution in [0.1, 0.15) is 13.3 Å². The smallest absolute Gasteiger partial charge is 0.265 e. The number of rotatable bonds is 4. The van der Waals surface area contributed by atoms with Crippen LogP contribution in [-0.4, -0.2) is 15.0 Å². The second-order valence-corrected chi connectivity index (χ2v) is 5.85. The molecule has 0 aromatic heterocycles. The van der Waals surface area contributed by atoms with Crippen molar-refractivity contribution in [2.75, 3.05) is 6.61 Å². The summed E-state index contributed by atoms with van der Waals surface area (Å²) in [6, 6.07) is 4.32. The van der Waals surface area contributed by atoms with E-state index in [1.165, 1.54) is 12.1 Å². The zero-order chi connectivity index (χ0) is 11.5. The molecule has 0 unspecified atom stereocenters. The molecule has 84 valence electrons. The highest BCUT2D eigenvalue weighted by Gasteiger charge is 2.17. The molecule has 1 aromatic rings. The molecule has 0 aliphatic carbocycles. The van der Waals surface area contributed by atoms with Gasteiger partial charge in [-0.2, -0.15) is 0 Å². The molecule has 0 saturated heterocycles. The third kappa shape index (κ3) is 3.55. The van der Waals surface area contributed by atoms with Crippen molar-refractivity contribution < 1.29 is 13.2 Å². The van der Waals surface area contributed by atoms with Gasteiger partial charge in [0.25, 0.3) is 9.05 Å². The van der Waals surface area contributed by atoms with E-state index in [0.29, 0.717) is 11.6 Å². The predicted molar refractivity (Wildman–Crippen MR) is 60.3 cm³/mol. The Balaban J connectivity index is 3.15. The van der Waals surface area contributed by atoms with Gasteiger partial charge in [0.2, 0.25) is 0 Å². The highest BCUT2D eigenvalue weighted by Crippen LogP contribution is 2.29. The van der Waals surface area contributed by atoms with Gasteiger partial charge >= 0.3 is 0 Å². The van der Waals surface area contributed by atoms with E-state index in [2.05, 4.69) is 0 Å². The molecule has 0 atom stereocenters. The van der Waals surface area contributed by atoms with Crippen LogP contribution in [0.4, 0.5) is 0 Å². The van der Waals surface area contributed by atoms with E-state index in [1.807, 2.05) is 6.92 Å². The van der Waals surface area contributed by atoms with Crippen molar-refractivity contribution in [3.05, 3.63) is 23.2 Å². The minimum atomic E-state index is -3.82. The summed E-state index contributed by atoms with van der Waals surface area (Å²) < 4.78 is 27.6. The maximum atomic E-state index is 11.2. The molecule has 3 nitrogen and oxygen atoms in total. The number of hydrogen-bond acceptors (Lipinski definition) is 3. The summed E-state index contributed by atoms with van der Waals surface area (Å²) in [4.78, 5) is -0.0925. The Morgan fingerprint density at radius 3 is 2.60 bits per heavy atom. The van der Waals surface area contributed by atoms with Gasteiger partial charge in [-0.05, 0) is 24.6 Å². The molecule has 0 aliphatic heterocycles. The molecule has 0 spiro atoms. The lowest BCUT2D eigenvalue weighted by Gasteiger charge is -2.08. The van der Waals surface area contributed by atoms with Gasteiger partial charge in [0.1, 0.15) is 10.6 Å². The van der Waals surface area contributed by atoms with Gasteiger partial charge in [-0.15, -0.1) is 0 Å². The SMILES string of the molecule is CCCOc1ccc(Cl)cc1S(=O)(=O)Cl. The predicted octanol–water partition coefficient (Wildman–Crippen LogP) is 3.06. The van der Waals surface area contributed by atoms with Crippen molar-refractivity contribution in [2.45, 2.75) is 18.2 Å². The van der Waals surface area contributed by atoms with Crippen molar-refractivity contribution in [1.29, 1.82) is 0 Å². The number of benzene rings is 1. The van der Waals surface area contributed by atoms with Crippen molar-refractivity contribution >= 4 is 31.3 Å². The first kappa shape index (κ1) is 12.6. The molecule has 0 aliphatic rings. The van der Waals surface area contributed by atoms with Gasteiger partial charge < -0.3 is 4.74 Å². The van der Waals surface area contributed by atoms with E-state index in [4.69, 9.17) is 27.0 Å². The van der Waals surface area contributed by atoms with Crippen LogP contribution < -0.4 is 4.74 Å². The molecule has 0 radical (unpaired) electrons. The summed E-state index contributed by atoms with van der Waals surface area (Å²) in [5.41, 5.74) is 0.